The summed E-state index contributed by atoms with van der Waals surface area (Å²) in [7, 11) is 0. The van der Waals surface area contributed by atoms with Gasteiger partial charge in [0.15, 0.2) is 0 Å². The van der Waals surface area contributed by atoms with Gasteiger partial charge < -0.3 is 10.4 Å². The Morgan fingerprint density at radius 2 is 2.19 bits per heavy atom. The number of benzene rings is 1. The first-order chi connectivity index (χ1) is 10.1. The molecule has 3 rings (SSSR count). The summed E-state index contributed by atoms with van der Waals surface area (Å²) in [6.45, 7) is 4.41. The second-order valence-corrected chi connectivity index (χ2v) is 5.50. The molecule has 21 heavy (non-hydrogen) atoms. The number of nitrogens with zero attached hydrogens (tertiary/aromatic N) is 2. The Bertz CT molecular complexity index is 687. The van der Waals surface area contributed by atoms with Crippen LogP contribution in [0.2, 0.25) is 0 Å². The van der Waals surface area contributed by atoms with Crippen molar-refractivity contribution >= 4 is 6.03 Å². The predicted molar refractivity (Wildman–Crippen MR) is 80.5 cm³/mol. The van der Waals surface area contributed by atoms with E-state index >= 15 is 0 Å². The molecule has 0 spiro atoms. The zero-order valence-corrected chi connectivity index (χ0v) is 12.3. The van der Waals surface area contributed by atoms with E-state index in [4.69, 9.17) is 0 Å². The van der Waals surface area contributed by atoms with Gasteiger partial charge in [0.1, 0.15) is 5.75 Å². The molecule has 1 aliphatic carbocycles. The molecule has 2 aromatic rings. The van der Waals surface area contributed by atoms with Crippen LogP contribution in [0, 0.1) is 6.92 Å². The molecule has 0 unspecified atom stereocenters. The van der Waals surface area contributed by atoms with Crippen LogP contribution < -0.4 is 5.32 Å². The topological polar surface area (TPSA) is 67.2 Å². The third-order valence-electron chi connectivity index (χ3n) is 3.68. The normalized spacial score (nSPS) is 14.2. The first-order valence-electron chi connectivity index (χ1n) is 7.28. The Labute approximate surface area is 123 Å². The van der Waals surface area contributed by atoms with E-state index in [0.29, 0.717) is 23.7 Å². The average Bonchev–Trinajstić information content (AvgIpc) is 3.21. The maximum atomic E-state index is 12.1. The molecular weight excluding hydrogens is 266 g/mol. The van der Waals surface area contributed by atoms with Gasteiger partial charge in [0.25, 0.3) is 0 Å². The van der Waals surface area contributed by atoms with Gasteiger partial charge in [-0.2, -0.15) is 9.78 Å². The summed E-state index contributed by atoms with van der Waals surface area (Å²) in [6.07, 6.45) is 2.18. The van der Waals surface area contributed by atoms with Crippen LogP contribution in [-0.4, -0.2) is 27.5 Å². The molecule has 5 heteroatoms. The number of aromatic nitrogens is 2. The SMILES string of the molecule is CCNC(=O)n1nc(-c2cc(C)ccc2O)cc1C1CC1. The fourth-order valence-electron chi connectivity index (χ4n) is 2.44. The van der Waals surface area contributed by atoms with Gasteiger partial charge in [-0.25, -0.2) is 4.79 Å². The fourth-order valence-corrected chi connectivity index (χ4v) is 2.44. The number of phenolic OH excluding ortho intramolecular Hbond substituents is 1. The molecule has 0 saturated heterocycles. The lowest BCUT2D eigenvalue weighted by Crippen LogP contribution is -2.30. The molecule has 0 aliphatic heterocycles. The van der Waals surface area contributed by atoms with E-state index in [9.17, 15) is 9.90 Å². The number of nitrogens with one attached hydrogen (secondary N) is 1. The summed E-state index contributed by atoms with van der Waals surface area (Å²) in [6, 6.07) is 7.10. The van der Waals surface area contributed by atoms with E-state index in [-0.39, 0.29) is 11.8 Å². The standard InChI is InChI=1S/C16H19N3O2/c1-3-17-16(21)19-14(11-5-6-11)9-13(18-19)12-8-10(2)4-7-15(12)20/h4,7-9,11,20H,3,5-6H2,1-2H3,(H,17,21). The van der Waals surface area contributed by atoms with Crippen LogP contribution in [-0.2, 0) is 0 Å². The number of aromatic hydroxyl groups is 1. The van der Waals surface area contributed by atoms with Crippen LogP contribution in [0.1, 0.15) is 36.9 Å². The van der Waals surface area contributed by atoms with Crippen molar-refractivity contribution in [3.05, 3.63) is 35.5 Å². The van der Waals surface area contributed by atoms with E-state index in [0.717, 1.165) is 24.1 Å². The summed E-state index contributed by atoms with van der Waals surface area (Å²) >= 11 is 0. The Kier molecular flexibility index (Phi) is 3.41. The maximum Gasteiger partial charge on any atom is 0.342 e. The highest BCUT2D eigenvalue weighted by atomic mass is 16.3. The molecule has 110 valence electrons. The molecule has 2 N–H and O–H groups in total. The van der Waals surface area contributed by atoms with Gasteiger partial charge in [0.05, 0.1) is 11.4 Å². The number of carbonyl (C=O) groups excluding carboxylic acids is 1. The molecular formula is C16H19N3O2. The quantitative estimate of drug-likeness (QED) is 0.911. The van der Waals surface area contributed by atoms with Crippen molar-refractivity contribution in [1.82, 2.24) is 15.1 Å². The molecule has 1 heterocycles. The van der Waals surface area contributed by atoms with Gasteiger partial charge in [0, 0.05) is 18.0 Å². The molecule has 1 saturated carbocycles. The number of amides is 1. The van der Waals surface area contributed by atoms with Gasteiger partial charge >= 0.3 is 6.03 Å². The third kappa shape index (κ3) is 2.63. The summed E-state index contributed by atoms with van der Waals surface area (Å²) in [5, 5.41) is 17.2. The molecule has 1 fully saturated rings. The van der Waals surface area contributed by atoms with E-state index in [1.807, 2.05) is 32.0 Å². The Morgan fingerprint density at radius 3 is 2.86 bits per heavy atom. The molecule has 1 aromatic carbocycles. The smallest absolute Gasteiger partial charge is 0.342 e. The van der Waals surface area contributed by atoms with Crippen molar-refractivity contribution in [2.24, 2.45) is 0 Å². The van der Waals surface area contributed by atoms with Gasteiger partial charge in [0.2, 0.25) is 0 Å². The fraction of sp³-hybridized carbons (Fsp3) is 0.375. The van der Waals surface area contributed by atoms with Gasteiger partial charge in [-0.3, -0.25) is 0 Å². The molecule has 0 radical (unpaired) electrons. The second-order valence-electron chi connectivity index (χ2n) is 5.50. The number of aryl methyl sites for hydroxylation is 1. The molecule has 0 bridgehead atoms. The number of rotatable bonds is 3. The van der Waals surface area contributed by atoms with E-state index in [1.54, 1.807) is 6.07 Å². The molecule has 1 aliphatic rings. The first kappa shape index (κ1) is 13.7. The minimum atomic E-state index is -0.210. The highest BCUT2D eigenvalue weighted by Crippen LogP contribution is 2.42. The lowest BCUT2D eigenvalue weighted by molar-refractivity contribution is 0.239. The van der Waals surface area contributed by atoms with Gasteiger partial charge in [-0.15, -0.1) is 0 Å². The zero-order chi connectivity index (χ0) is 15.0. The van der Waals surface area contributed by atoms with Crippen molar-refractivity contribution in [3.8, 4) is 17.0 Å². The monoisotopic (exact) mass is 285 g/mol. The lowest BCUT2D eigenvalue weighted by atomic mass is 10.1. The van der Waals surface area contributed by atoms with Crippen molar-refractivity contribution in [2.45, 2.75) is 32.6 Å². The number of hydrogen-bond acceptors (Lipinski definition) is 3. The van der Waals surface area contributed by atoms with Crippen LogP contribution in [0.4, 0.5) is 4.79 Å². The number of hydrogen-bond donors (Lipinski definition) is 2. The Hall–Kier alpha value is -2.30. The van der Waals surface area contributed by atoms with Crippen molar-refractivity contribution in [1.29, 1.82) is 0 Å². The zero-order valence-electron chi connectivity index (χ0n) is 12.3. The summed E-state index contributed by atoms with van der Waals surface area (Å²) in [5.41, 5.74) is 3.28. The molecule has 1 amide bonds. The van der Waals surface area contributed by atoms with Gasteiger partial charge in [-0.05, 0) is 44.9 Å². The van der Waals surface area contributed by atoms with Crippen LogP contribution in [0.5, 0.6) is 5.75 Å². The van der Waals surface area contributed by atoms with E-state index in [1.165, 1.54) is 4.68 Å². The highest BCUT2D eigenvalue weighted by molar-refractivity contribution is 5.79. The maximum absolute atomic E-state index is 12.1. The molecule has 0 atom stereocenters. The van der Waals surface area contributed by atoms with Crippen molar-refractivity contribution in [2.75, 3.05) is 6.54 Å². The van der Waals surface area contributed by atoms with E-state index < -0.39 is 0 Å². The Morgan fingerprint density at radius 1 is 1.43 bits per heavy atom. The summed E-state index contributed by atoms with van der Waals surface area (Å²) in [4.78, 5) is 12.1. The first-order valence-corrected chi connectivity index (χ1v) is 7.28. The minimum Gasteiger partial charge on any atom is -0.507 e. The van der Waals surface area contributed by atoms with Crippen LogP contribution in [0.25, 0.3) is 11.3 Å². The average molecular weight is 285 g/mol. The van der Waals surface area contributed by atoms with Crippen LogP contribution in [0.3, 0.4) is 0 Å². The predicted octanol–water partition coefficient (Wildman–Crippen LogP) is 3.02. The number of carbonyl (C=O) groups is 1. The minimum absolute atomic E-state index is 0.184. The third-order valence-corrected chi connectivity index (χ3v) is 3.68. The second kappa shape index (κ2) is 5.24. The Balaban J connectivity index is 2.05. The summed E-state index contributed by atoms with van der Waals surface area (Å²) < 4.78 is 1.44. The lowest BCUT2D eigenvalue weighted by Gasteiger charge is -2.05. The number of phenols is 1. The largest absolute Gasteiger partial charge is 0.507 e. The van der Waals surface area contributed by atoms with Gasteiger partial charge in [-0.1, -0.05) is 11.6 Å². The van der Waals surface area contributed by atoms with Crippen molar-refractivity contribution in [3.63, 3.8) is 0 Å². The van der Waals surface area contributed by atoms with Crippen LogP contribution >= 0.6 is 0 Å². The molecule has 1 aromatic heterocycles. The van der Waals surface area contributed by atoms with E-state index in [2.05, 4.69) is 10.4 Å². The summed E-state index contributed by atoms with van der Waals surface area (Å²) in [5.74, 6) is 0.587. The van der Waals surface area contributed by atoms with Crippen molar-refractivity contribution < 1.29 is 9.90 Å². The van der Waals surface area contributed by atoms with Crippen LogP contribution in [0.15, 0.2) is 24.3 Å². The molecule has 5 nitrogen and oxygen atoms in total. The highest BCUT2D eigenvalue weighted by Gasteiger charge is 2.30.